The second-order valence-electron chi connectivity index (χ2n) is 6.38. The minimum absolute atomic E-state index is 0.0847. The topological polar surface area (TPSA) is 46.6 Å². The van der Waals surface area contributed by atoms with Gasteiger partial charge in [-0.2, -0.15) is 0 Å². The van der Waals surface area contributed by atoms with Gasteiger partial charge in [-0.25, -0.2) is 13.6 Å². The highest BCUT2D eigenvalue weighted by atomic mass is 19.2. The third-order valence-electron chi connectivity index (χ3n) is 3.42. The highest BCUT2D eigenvalue weighted by Gasteiger charge is 2.33. The summed E-state index contributed by atoms with van der Waals surface area (Å²) in [6.45, 7) is 5.51. The van der Waals surface area contributed by atoms with Crippen LogP contribution in [-0.2, 0) is 9.53 Å². The van der Waals surface area contributed by atoms with Crippen molar-refractivity contribution in [2.45, 2.75) is 38.7 Å². The van der Waals surface area contributed by atoms with Gasteiger partial charge < -0.3 is 9.64 Å². The second-order valence-corrected chi connectivity index (χ2v) is 6.38. The summed E-state index contributed by atoms with van der Waals surface area (Å²) in [5, 5.41) is 0. The summed E-state index contributed by atoms with van der Waals surface area (Å²) < 4.78 is 31.5. The summed E-state index contributed by atoms with van der Waals surface area (Å²) in [6, 6.07) is 3.46. The van der Waals surface area contributed by atoms with E-state index in [2.05, 4.69) is 0 Å². The van der Waals surface area contributed by atoms with E-state index in [9.17, 15) is 18.4 Å². The second kappa shape index (κ2) is 6.02. The van der Waals surface area contributed by atoms with Gasteiger partial charge in [-0.05, 0) is 44.9 Å². The van der Waals surface area contributed by atoms with E-state index in [1.165, 1.54) is 11.0 Å². The van der Waals surface area contributed by atoms with Crippen molar-refractivity contribution in [2.24, 2.45) is 0 Å². The fourth-order valence-corrected chi connectivity index (χ4v) is 2.39. The number of hydrogen-bond donors (Lipinski definition) is 0. The molecule has 1 heterocycles. The highest BCUT2D eigenvalue weighted by Crippen LogP contribution is 2.27. The molecule has 1 amide bonds. The lowest BCUT2D eigenvalue weighted by atomic mass is 9.88. The number of carbonyl (C=O) groups excluding carboxylic acids is 2. The van der Waals surface area contributed by atoms with Crippen LogP contribution in [0, 0.1) is 11.6 Å². The zero-order valence-corrected chi connectivity index (χ0v) is 12.9. The Bertz CT molecular complexity index is 596. The lowest BCUT2D eigenvalue weighted by Gasteiger charge is -2.32. The number of benzene rings is 1. The van der Waals surface area contributed by atoms with E-state index in [0.717, 1.165) is 12.1 Å². The summed E-state index contributed by atoms with van der Waals surface area (Å²) in [4.78, 5) is 25.5. The molecule has 0 aliphatic carbocycles. The monoisotopic (exact) mass is 311 g/mol. The Morgan fingerprint density at radius 2 is 1.95 bits per heavy atom. The molecule has 6 heteroatoms. The average molecular weight is 311 g/mol. The van der Waals surface area contributed by atoms with Gasteiger partial charge in [0.25, 0.3) is 0 Å². The lowest BCUT2D eigenvalue weighted by Crippen LogP contribution is -2.45. The van der Waals surface area contributed by atoms with Gasteiger partial charge in [0.05, 0.1) is 6.54 Å². The molecule has 0 aromatic heterocycles. The zero-order chi connectivity index (χ0) is 16.5. The molecule has 1 saturated heterocycles. The van der Waals surface area contributed by atoms with Crippen LogP contribution in [0.25, 0.3) is 0 Å². The molecule has 1 aromatic carbocycles. The highest BCUT2D eigenvalue weighted by molar-refractivity contribution is 5.90. The Morgan fingerprint density at radius 3 is 2.50 bits per heavy atom. The van der Waals surface area contributed by atoms with Crippen molar-refractivity contribution >= 4 is 11.9 Å². The Balaban J connectivity index is 2.05. The van der Waals surface area contributed by atoms with Gasteiger partial charge in [0.15, 0.2) is 17.4 Å². The van der Waals surface area contributed by atoms with Crippen molar-refractivity contribution in [2.75, 3.05) is 13.1 Å². The van der Waals surface area contributed by atoms with E-state index in [1.54, 1.807) is 20.8 Å². The van der Waals surface area contributed by atoms with Gasteiger partial charge in [-0.1, -0.05) is 6.07 Å². The normalized spacial score (nSPS) is 19.2. The molecule has 0 radical (unpaired) electrons. The fraction of sp³-hybridized carbons (Fsp3) is 0.500. The minimum atomic E-state index is -0.972. The van der Waals surface area contributed by atoms with Gasteiger partial charge in [-0.15, -0.1) is 0 Å². The van der Waals surface area contributed by atoms with E-state index in [0.29, 0.717) is 18.5 Å². The molecule has 1 aliphatic rings. The summed E-state index contributed by atoms with van der Waals surface area (Å²) in [6.07, 6.45) is -0.173. The molecule has 1 fully saturated rings. The first-order valence-electron chi connectivity index (χ1n) is 7.13. The van der Waals surface area contributed by atoms with Crippen LogP contribution in [0.2, 0.25) is 0 Å². The first-order chi connectivity index (χ1) is 10.2. The Hall–Kier alpha value is -1.98. The van der Waals surface area contributed by atoms with Gasteiger partial charge in [0.1, 0.15) is 5.60 Å². The maximum atomic E-state index is 13.3. The molecule has 1 aliphatic heterocycles. The quantitative estimate of drug-likeness (QED) is 0.800. The van der Waals surface area contributed by atoms with Crippen LogP contribution in [0.15, 0.2) is 18.2 Å². The first kappa shape index (κ1) is 16.4. The summed E-state index contributed by atoms with van der Waals surface area (Å²) >= 11 is 0. The van der Waals surface area contributed by atoms with E-state index >= 15 is 0 Å². The number of ketones is 1. The maximum Gasteiger partial charge on any atom is 0.410 e. The fourth-order valence-electron chi connectivity index (χ4n) is 2.39. The number of likely N-dealkylation sites (tertiary alicyclic amines) is 1. The molecule has 0 saturated carbocycles. The number of amides is 1. The number of rotatable bonds is 1. The number of hydrogen-bond acceptors (Lipinski definition) is 3. The number of halogens is 2. The van der Waals surface area contributed by atoms with E-state index < -0.39 is 29.2 Å². The first-order valence-corrected chi connectivity index (χ1v) is 7.13. The van der Waals surface area contributed by atoms with Crippen LogP contribution >= 0.6 is 0 Å². The summed E-state index contributed by atoms with van der Waals surface area (Å²) in [5.74, 6) is -2.64. The smallest absolute Gasteiger partial charge is 0.410 e. The number of piperidine rings is 1. The van der Waals surface area contributed by atoms with Crippen molar-refractivity contribution in [3.63, 3.8) is 0 Å². The molecule has 1 unspecified atom stereocenters. The van der Waals surface area contributed by atoms with Crippen molar-refractivity contribution < 1.29 is 23.1 Å². The predicted octanol–water partition coefficient (Wildman–Crippen LogP) is 3.26. The van der Waals surface area contributed by atoms with Crippen molar-refractivity contribution in [3.8, 4) is 0 Å². The Kier molecular flexibility index (Phi) is 4.49. The Morgan fingerprint density at radius 1 is 1.27 bits per heavy atom. The molecular weight excluding hydrogens is 292 g/mol. The molecule has 1 atom stereocenters. The molecule has 2 rings (SSSR count). The van der Waals surface area contributed by atoms with Gasteiger partial charge in [0, 0.05) is 12.5 Å². The zero-order valence-electron chi connectivity index (χ0n) is 12.9. The van der Waals surface area contributed by atoms with Gasteiger partial charge in [0.2, 0.25) is 0 Å². The third kappa shape index (κ3) is 3.81. The summed E-state index contributed by atoms with van der Waals surface area (Å²) in [5.41, 5.74) is -0.190. The molecule has 0 spiro atoms. The molecule has 4 nitrogen and oxygen atoms in total. The molecule has 1 aromatic rings. The number of nitrogens with zero attached hydrogens (tertiary/aromatic N) is 1. The van der Waals surface area contributed by atoms with Crippen LogP contribution in [0.5, 0.6) is 0 Å². The number of carbonyl (C=O) groups is 2. The van der Waals surface area contributed by atoms with E-state index in [-0.39, 0.29) is 12.3 Å². The van der Waals surface area contributed by atoms with Gasteiger partial charge >= 0.3 is 6.09 Å². The van der Waals surface area contributed by atoms with Gasteiger partial charge in [-0.3, -0.25) is 4.79 Å². The average Bonchev–Trinajstić information content (AvgIpc) is 2.40. The number of Topliss-reactive ketones (excluding diaryl/α,β-unsaturated/α-hetero) is 1. The minimum Gasteiger partial charge on any atom is -0.444 e. The van der Waals surface area contributed by atoms with Crippen LogP contribution in [0.4, 0.5) is 13.6 Å². The van der Waals surface area contributed by atoms with Crippen LogP contribution in [0.3, 0.4) is 0 Å². The predicted molar refractivity (Wildman–Crippen MR) is 76.5 cm³/mol. The van der Waals surface area contributed by atoms with E-state index in [1.807, 2.05) is 0 Å². The molecule has 0 N–H and O–H groups in total. The van der Waals surface area contributed by atoms with Crippen LogP contribution in [0.1, 0.15) is 38.7 Å². The van der Waals surface area contributed by atoms with Crippen LogP contribution in [-0.4, -0.2) is 35.5 Å². The maximum absolute atomic E-state index is 13.3. The largest absolute Gasteiger partial charge is 0.444 e. The van der Waals surface area contributed by atoms with E-state index in [4.69, 9.17) is 4.74 Å². The Labute approximate surface area is 128 Å². The summed E-state index contributed by atoms with van der Waals surface area (Å²) in [7, 11) is 0. The van der Waals surface area contributed by atoms with Crippen LogP contribution < -0.4 is 0 Å². The standard InChI is InChI=1S/C16H19F2NO3/c1-16(2,3)22-15(21)19-7-6-11(14(20)9-19)10-4-5-12(17)13(18)8-10/h4-5,8,11H,6-7,9H2,1-3H3. The molecule has 22 heavy (non-hydrogen) atoms. The SMILES string of the molecule is CC(C)(C)OC(=O)N1CCC(c2ccc(F)c(F)c2)C(=O)C1. The third-order valence-corrected chi connectivity index (χ3v) is 3.42. The van der Waals surface area contributed by atoms with Crippen molar-refractivity contribution in [3.05, 3.63) is 35.4 Å². The van der Waals surface area contributed by atoms with Crippen molar-refractivity contribution in [1.82, 2.24) is 4.90 Å². The lowest BCUT2D eigenvalue weighted by molar-refractivity contribution is -0.123. The molecule has 120 valence electrons. The number of ether oxygens (including phenoxy) is 1. The molecular formula is C16H19F2NO3. The molecule has 0 bridgehead atoms. The van der Waals surface area contributed by atoms with Crippen molar-refractivity contribution in [1.29, 1.82) is 0 Å².